The van der Waals surface area contributed by atoms with Gasteiger partial charge in [-0.25, -0.2) is 4.79 Å². The zero-order valence-corrected chi connectivity index (χ0v) is 18.1. The number of benzene rings is 2. The number of carbonyl (C=O) groups is 2. The Labute approximate surface area is 178 Å². The summed E-state index contributed by atoms with van der Waals surface area (Å²) >= 11 is 0. The molecule has 162 valence electrons. The molecule has 0 radical (unpaired) electrons. The third kappa shape index (κ3) is 6.49. The van der Waals surface area contributed by atoms with Gasteiger partial charge in [0.1, 0.15) is 6.04 Å². The van der Waals surface area contributed by atoms with Gasteiger partial charge in [-0.15, -0.1) is 0 Å². The highest BCUT2D eigenvalue weighted by Gasteiger charge is 2.28. The van der Waals surface area contributed by atoms with E-state index in [0.717, 1.165) is 11.1 Å². The van der Waals surface area contributed by atoms with Crippen LogP contribution in [0.15, 0.2) is 48.5 Å². The fourth-order valence-electron chi connectivity index (χ4n) is 3.16. The first-order valence-electron chi connectivity index (χ1n) is 10.4. The highest BCUT2D eigenvalue weighted by Crippen LogP contribution is 2.30. The van der Waals surface area contributed by atoms with Crippen LogP contribution in [-0.2, 0) is 4.79 Å². The standard InChI is InChI=1S/C23H31N3O4/c1-5-24-23(28)26-22(27)21(17-11-9-8-10-12-17)25-16(4)18-13-14-19(29-6-2)20(15-18)30-7-3/h8-16,21,25H,5-7H2,1-4H3,(H2,24,26,27,28)/p+1/t16-,21-/m1/s1. The van der Waals surface area contributed by atoms with E-state index < -0.39 is 12.1 Å². The van der Waals surface area contributed by atoms with E-state index in [4.69, 9.17) is 9.47 Å². The van der Waals surface area contributed by atoms with Gasteiger partial charge in [0, 0.05) is 17.7 Å². The summed E-state index contributed by atoms with van der Waals surface area (Å²) in [5.41, 5.74) is 1.82. The summed E-state index contributed by atoms with van der Waals surface area (Å²) in [6.45, 7) is 9.20. The monoisotopic (exact) mass is 414 g/mol. The van der Waals surface area contributed by atoms with E-state index in [0.29, 0.717) is 31.3 Å². The smallest absolute Gasteiger partial charge is 0.321 e. The average molecular weight is 415 g/mol. The van der Waals surface area contributed by atoms with E-state index in [-0.39, 0.29) is 11.9 Å². The summed E-state index contributed by atoms with van der Waals surface area (Å²) in [6, 6.07) is 14.1. The van der Waals surface area contributed by atoms with Crippen molar-refractivity contribution in [3.63, 3.8) is 0 Å². The number of imide groups is 1. The molecule has 4 N–H and O–H groups in total. The molecule has 0 spiro atoms. The van der Waals surface area contributed by atoms with Crippen molar-refractivity contribution in [1.82, 2.24) is 10.6 Å². The number of quaternary nitrogens is 1. The minimum Gasteiger partial charge on any atom is -0.490 e. The van der Waals surface area contributed by atoms with Gasteiger partial charge in [0.2, 0.25) is 0 Å². The second kappa shape index (κ2) is 11.8. The maximum absolute atomic E-state index is 12.9. The van der Waals surface area contributed by atoms with Crippen molar-refractivity contribution in [3.8, 4) is 11.5 Å². The Morgan fingerprint density at radius 1 is 0.933 bits per heavy atom. The fourth-order valence-corrected chi connectivity index (χ4v) is 3.16. The largest absolute Gasteiger partial charge is 0.490 e. The van der Waals surface area contributed by atoms with E-state index in [9.17, 15) is 9.59 Å². The number of carbonyl (C=O) groups excluding carboxylic acids is 2. The van der Waals surface area contributed by atoms with Crippen LogP contribution >= 0.6 is 0 Å². The molecular weight excluding hydrogens is 382 g/mol. The van der Waals surface area contributed by atoms with Crippen molar-refractivity contribution in [2.75, 3.05) is 19.8 Å². The van der Waals surface area contributed by atoms with Gasteiger partial charge in [-0.2, -0.15) is 0 Å². The van der Waals surface area contributed by atoms with Crippen LogP contribution in [0.5, 0.6) is 11.5 Å². The molecule has 2 aromatic carbocycles. The van der Waals surface area contributed by atoms with Crippen molar-refractivity contribution in [2.45, 2.75) is 39.8 Å². The van der Waals surface area contributed by atoms with E-state index in [1.807, 2.05) is 74.6 Å². The number of nitrogens with two attached hydrogens (primary N) is 1. The van der Waals surface area contributed by atoms with E-state index in [2.05, 4.69) is 10.6 Å². The number of rotatable bonds is 10. The minimum absolute atomic E-state index is 0.0647. The lowest BCUT2D eigenvalue weighted by molar-refractivity contribution is -0.719. The number of nitrogens with one attached hydrogen (secondary N) is 2. The maximum Gasteiger partial charge on any atom is 0.321 e. The summed E-state index contributed by atoms with van der Waals surface area (Å²) in [5, 5.41) is 6.96. The van der Waals surface area contributed by atoms with Crippen molar-refractivity contribution < 1.29 is 24.4 Å². The minimum atomic E-state index is -0.578. The van der Waals surface area contributed by atoms with E-state index >= 15 is 0 Å². The molecule has 0 saturated heterocycles. The Balaban J connectivity index is 2.25. The maximum atomic E-state index is 12.9. The second-order valence-electron chi connectivity index (χ2n) is 6.79. The highest BCUT2D eigenvalue weighted by atomic mass is 16.5. The third-order valence-corrected chi connectivity index (χ3v) is 4.59. The molecule has 2 atom stereocenters. The van der Waals surface area contributed by atoms with Gasteiger partial charge >= 0.3 is 6.03 Å². The van der Waals surface area contributed by atoms with Crippen LogP contribution in [0.3, 0.4) is 0 Å². The Morgan fingerprint density at radius 2 is 1.60 bits per heavy atom. The summed E-state index contributed by atoms with van der Waals surface area (Å²) in [7, 11) is 0. The molecule has 0 saturated carbocycles. The number of ether oxygens (including phenoxy) is 2. The second-order valence-corrected chi connectivity index (χ2v) is 6.79. The first-order valence-corrected chi connectivity index (χ1v) is 10.4. The average Bonchev–Trinajstić information content (AvgIpc) is 2.74. The first-order chi connectivity index (χ1) is 14.5. The lowest BCUT2D eigenvalue weighted by Crippen LogP contribution is -2.88. The van der Waals surface area contributed by atoms with Gasteiger partial charge < -0.3 is 20.1 Å². The summed E-state index contributed by atoms with van der Waals surface area (Å²) in [4.78, 5) is 24.7. The molecule has 0 heterocycles. The molecule has 3 amide bonds. The summed E-state index contributed by atoms with van der Waals surface area (Å²) in [5.74, 6) is 1.01. The number of urea groups is 1. The van der Waals surface area contributed by atoms with Crippen LogP contribution in [0.1, 0.15) is 50.9 Å². The van der Waals surface area contributed by atoms with E-state index in [1.54, 1.807) is 6.92 Å². The van der Waals surface area contributed by atoms with Crippen molar-refractivity contribution in [3.05, 3.63) is 59.7 Å². The predicted molar refractivity (Wildman–Crippen MR) is 116 cm³/mol. The fraction of sp³-hybridized carbons (Fsp3) is 0.391. The van der Waals surface area contributed by atoms with Gasteiger partial charge in [0.25, 0.3) is 5.91 Å². The third-order valence-electron chi connectivity index (χ3n) is 4.59. The van der Waals surface area contributed by atoms with Crippen LogP contribution in [0.4, 0.5) is 4.79 Å². The van der Waals surface area contributed by atoms with Gasteiger partial charge in [-0.1, -0.05) is 30.3 Å². The van der Waals surface area contributed by atoms with Crippen LogP contribution in [0.2, 0.25) is 0 Å². The molecule has 0 fully saturated rings. The Bertz CT molecular complexity index is 826. The summed E-state index contributed by atoms with van der Waals surface area (Å²) in [6.07, 6.45) is 0. The molecule has 2 rings (SSSR count). The Morgan fingerprint density at radius 3 is 2.23 bits per heavy atom. The normalized spacial score (nSPS) is 12.5. The predicted octanol–water partition coefficient (Wildman–Crippen LogP) is 2.70. The van der Waals surface area contributed by atoms with Crippen molar-refractivity contribution >= 4 is 11.9 Å². The molecule has 2 aromatic rings. The van der Waals surface area contributed by atoms with Gasteiger partial charge in [-0.3, -0.25) is 10.1 Å². The van der Waals surface area contributed by atoms with Gasteiger partial charge in [-0.05, 0) is 45.9 Å². The quantitative estimate of drug-likeness (QED) is 0.557. The molecule has 30 heavy (non-hydrogen) atoms. The van der Waals surface area contributed by atoms with Crippen LogP contribution < -0.4 is 25.4 Å². The van der Waals surface area contributed by atoms with Crippen molar-refractivity contribution in [2.24, 2.45) is 0 Å². The molecule has 0 aliphatic carbocycles. The molecule has 7 heteroatoms. The van der Waals surface area contributed by atoms with Crippen LogP contribution in [0.25, 0.3) is 0 Å². The molecule has 0 aliphatic rings. The molecule has 0 aromatic heterocycles. The molecular formula is C23H32N3O4+. The topological polar surface area (TPSA) is 93.3 Å². The van der Waals surface area contributed by atoms with E-state index in [1.165, 1.54) is 0 Å². The van der Waals surface area contributed by atoms with Gasteiger partial charge in [0.15, 0.2) is 17.5 Å². The van der Waals surface area contributed by atoms with Gasteiger partial charge in [0.05, 0.1) is 13.2 Å². The first kappa shape index (κ1) is 23.2. The van der Waals surface area contributed by atoms with Crippen LogP contribution in [0, 0.1) is 0 Å². The molecule has 0 bridgehead atoms. The van der Waals surface area contributed by atoms with Crippen molar-refractivity contribution in [1.29, 1.82) is 0 Å². The molecule has 7 nitrogen and oxygen atoms in total. The zero-order valence-electron chi connectivity index (χ0n) is 18.1. The summed E-state index contributed by atoms with van der Waals surface area (Å²) < 4.78 is 11.4. The SMILES string of the molecule is CCNC(=O)NC(=O)[C@H]([NH2+][C@H](C)c1ccc(OCC)c(OCC)c1)c1ccccc1. The number of hydrogen-bond acceptors (Lipinski definition) is 4. The Kier molecular flexibility index (Phi) is 9.15. The molecule has 0 unspecified atom stereocenters. The molecule has 0 aliphatic heterocycles. The number of hydrogen-bond donors (Lipinski definition) is 3. The highest BCUT2D eigenvalue weighted by molar-refractivity contribution is 5.96. The number of amides is 3. The van der Waals surface area contributed by atoms with Crippen LogP contribution in [-0.4, -0.2) is 31.7 Å². The zero-order chi connectivity index (χ0) is 21.9. The lowest BCUT2D eigenvalue weighted by atomic mass is 10.0. The lowest BCUT2D eigenvalue weighted by Gasteiger charge is -2.21. The Hall–Kier alpha value is -3.06.